The number of fused-ring (bicyclic) bond motifs is 1. The minimum Gasteiger partial charge on any atom is -1.00 e. The van der Waals surface area contributed by atoms with Gasteiger partial charge in [-0.05, 0) is 30.3 Å². The van der Waals surface area contributed by atoms with Crippen LogP contribution in [-0.4, -0.2) is 50.3 Å². The SMILES string of the molecule is COc1ccc(C[NH2+]c2nncc3c(N4CCS(=O)(=O)CC4)cc(C#N)cc23)cc1Cl.[Cl-]. The van der Waals surface area contributed by atoms with E-state index in [1.54, 1.807) is 25.4 Å². The lowest BCUT2D eigenvalue weighted by molar-refractivity contribution is -0.591. The molecule has 1 aliphatic rings. The Morgan fingerprint density at radius 1 is 1.22 bits per heavy atom. The number of methoxy groups -OCH3 is 1. The fourth-order valence-electron chi connectivity index (χ4n) is 3.67. The molecule has 0 amide bonds. The summed E-state index contributed by atoms with van der Waals surface area (Å²) in [5.74, 6) is 1.47. The molecule has 32 heavy (non-hydrogen) atoms. The molecule has 1 aromatic heterocycles. The van der Waals surface area contributed by atoms with Gasteiger partial charge in [-0.15, -0.1) is 0 Å². The van der Waals surface area contributed by atoms with E-state index in [0.29, 0.717) is 41.8 Å². The highest BCUT2D eigenvalue weighted by atomic mass is 35.5. The molecule has 0 unspecified atom stereocenters. The average Bonchev–Trinajstić information content (AvgIpc) is 2.77. The molecule has 8 nitrogen and oxygen atoms in total. The van der Waals surface area contributed by atoms with Crippen LogP contribution in [0, 0.1) is 11.3 Å². The van der Waals surface area contributed by atoms with Crippen LogP contribution >= 0.6 is 11.6 Å². The van der Waals surface area contributed by atoms with E-state index in [1.807, 2.05) is 28.4 Å². The molecule has 2 N–H and O–H groups in total. The van der Waals surface area contributed by atoms with E-state index in [-0.39, 0.29) is 23.9 Å². The zero-order valence-electron chi connectivity index (χ0n) is 17.3. The minimum atomic E-state index is -3.01. The Kier molecular flexibility index (Phi) is 7.41. The van der Waals surface area contributed by atoms with Crippen LogP contribution in [0.3, 0.4) is 0 Å². The molecule has 0 spiro atoms. The third-order valence-electron chi connectivity index (χ3n) is 5.35. The number of nitrogens with two attached hydrogens (primary N) is 1. The van der Waals surface area contributed by atoms with Crippen molar-refractivity contribution in [1.29, 1.82) is 5.26 Å². The molecule has 1 saturated heterocycles. The Hall–Kier alpha value is -2.64. The van der Waals surface area contributed by atoms with Crippen molar-refractivity contribution in [3.05, 3.63) is 52.7 Å². The van der Waals surface area contributed by atoms with Crippen LogP contribution in [0.15, 0.2) is 36.5 Å². The van der Waals surface area contributed by atoms with Gasteiger partial charge in [0, 0.05) is 29.7 Å². The van der Waals surface area contributed by atoms with Crippen LogP contribution in [0.2, 0.25) is 5.02 Å². The lowest BCUT2D eigenvalue weighted by Crippen LogP contribution is -3.00. The summed E-state index contributed by atoms with van der Waals surface area (Å²) in [4.78, 5) is 2.00. The lowest BCUT2D eigenvalue weighted by Gasteiger charge is -2.29. The van der Waals surface area contributed by atoms with Gasteiger partial charge in [0.1, 0.15) is 12.3 Å². The first-order valence-corrected chi connectivity index (χ1v) is 11.9. The number of aromatic nitrogens is 2. The molecule has 2 aromatic carbocycles. The largest absolute Gasteiger partial charge is 1.00 e. The van der Waals surface area contributed by atoms with Crippen LogP contribution in [-0.2, 0) is 16.4 Å². The van der Waals surface area contributed by atoms with Crippen molar-refractivity contribution in [2.45, 2.75) is 6.54 Å². The summed E-state index contributed by atoms with van der Waals surface area (Å²) in [5, 5.41) is 22.1. The van der Waals surface area contributed by atoms with Crippen molar-refractivity contribution in [2.75, 3.05) is 36.6 Å². The predicted octanol–water partition coefficient (Wildman–Crippen LogP) is -1.20. The second kappa shape index (κ2) is 9.88. The summed E-state index contributed by atoms with van der Waals surface area (Å²) in [7, 11) is -1.44. The van der Waals surface area contributed by atoms with Gasteiger partial charge in [-0.3, -0.25) is 5.32 Å². The Balaban J connectivity index is 0.00000289. The van der Waals surface area contributed by atoms with E-state index in [0.717, 1.165) is 22.0 Å². The van der Waals surface area contributed by atoms with Gasteiger partial charge in [0.25, 0.3) is 5.82 Å². The molecular weight excluding hydrogens is 473 g/mol. The third-order valence-corrected chi connectivity index (χ3v) is 7.25. The molecule has 0 bridgehead atoms. The summed E-state index contributed by atoms with van der Waals surface area (Å²) in [6.45, 7) is 1.35. The highest BCUT2D eigenvalue weighted by Gasteiger charge is 2.24. The van der Waals surface area contributed by atoms with Crippen LogP contribution in [0.1, 0.15) is 11.1 Å². The zero-order chi connectivity index (χ0) is 22.0. The summed E-state index contributed by atoms with van der Waals surface area (Å²) in [6, 6.07) is 11.4. The van der Waals surface area contributed by atoms with Crippen molar-refractivity contribution >= 4 is 43.7 Å². The van der Waals surface area contributed by atoms with Crippen LogP contribution < -0.4 is 27.4 Å². The monoisotopic (exact) mass is 493 g/mol. The van der Waals surface area contributed by atoms with E-state index < -0.39 is 9.84 Å². The number of quaternary nitrogens is 1. The molecule has 0 atom stereocenters. The summed E-state index contributed by atoms with van der Waals surface area (Å²) in [5.41, 5.74) is 2.29. The first kappa shape index (κ1) is 24.0. The molecular formula is C21H21Cl2N5O3S. The zero-order valence-corrected chi connectivity index (χ0v) is 19.6. The number of anilines is 1. The summed E-state index contributed by atoms with van der Waals surface area (Å²) in [6.07, 6.45) is 1.66. The van der Waals surface area contributed by atoms with Crippen LogP contribution in [0.25, 0.3) is 10.8 Å². The van der Waals surface area contributed by atoms with Gasteiger partial charge in [-0.25, -0.2) is 8.42 Å². The number of nitrogens with zero attached hydrogens (tertiary/aromatic N) is 4. The van der Waals surface area contributed by atoms with Gasteiger partial charge in [-0.2, -0.15) is 10.4 Å². The number of benzene rings is 2. The van der Waals surface area contributed by atoms with Gasteiger partial charge in [0.15, 0.2) is 9.84 Å². The van der Waals surface area contributed by atoms with Crippen LogP contribution in [0.5, 0.6) is 5.75 Å². The fraction of sp³-hybridized carbons (Fsp3) is 0.286. The number of rotatable bonds is 5. The highest BCUT2D eigenvalue weighted by molar-refractivity contribution is 7.91. The van der Waals surface area contributed by atoms with Gasteiger partial charge in [0.05, 0.1) is 46.9 Å². The molecule has 0 saturated carbocycles. The van der Waals surface area contributed by atoms with Gasteiger partial charge < -0.3 is 22.0 Å². The molecule has 168 valence electrons. The third kappa shape index (κ3) is 5.05. The quantitative estimate of drug-likeness (QED) is 0.474. The Bertz CT molecular complexity index is 1280. The summed E-state index contributed by atoms with van der Waals surface area (Å²) >= 11 is 6.22. The van der Waals surface area contributed by atoms with Crippen molar-refractivity contribution in [3.8, 4) is 11.8 Å². The maximum absolute atomic E-state index is 11.8. The van der Waals surface area contributed by atoms with Crippen molar-refractivity contribution in [3.63, 3.8) is 0 Å². The molecule has 3 aromatic rings. The van der Waals surface area contributed by atoms with Gasteiger partial charge in [0.2, 0.25) is 0 Å². The molecule has 1 aliphatic heterocycles. The van der Waals surface area contributed by atoms with Crippen molar-refractivity contribution in [2.24, 2.45) is 0 Å². The number of nitriles is 1. The normalized spacial score (nSPS) is 15.1. The number of hydrogen-bond acceptors (Lipinski definition) is 7. The van der Waals surface area contributed by atoms with E-state index >= 15 is 0 Å². The number of hydrogen-bond donors (Lipinski definition) is 1. The fourth-order valence-corrected chi connectivity index (χ4v) is 5.15. The second-order valence-corrected chi connectivity index (χ2v) is 10.0. The van der Waals surface area contributed by atoms with E-state index in [2.05, 4.69) is 16.3 Å². The summed E-state index contributed by atoms with van der Waals surface area (Å²) < 4.78 is 28.8. The number of halogens is 2. The van der Waals surface area contributed by atoms with E-state index in [4.69, 9.17) is 16.3 Å². The molecule has 0 radical (unpaired) electrons. The van der Waals surface area contributed by atoms with Gasteiger partial charge in [-0.1, -0.05) is 16.7 Å². The first-order valence-electron chi connectivity index (χ1n) is 9.71. The molecule has 1 fully saturated rings. The maximum atomic E-state index is 11.8. The number of sulfone groups is 1. The number of ether oxygens (including phenoxy) is 1. The van der Waals surface area contributed by atoms with Crippen molar-refractivity contribution < 1.29 is 30.9 Å². The first-order chi connectivity index (χ1) is 14.9. The van der Waals surface area contributed by atoms with E-state index in [9.17, 15) is 13.7 Å². The highest BCUT2D eigenvalue weighted by Crippen LogP contribution is 2.31. The van der Waals surface area contributed by atoms with Gasteiger partial charge >= 0.3 is 0 Å². The topological polar surface area (TPSA) is 113 Å². The molecule has 11 heteroatoms. The minimum absolute atomic E-state index is 0. The van der Waals surface area contributed by atoms with Crippen molar-refractivity contribution in [1.82, 2.24) is 10.2 Å². The second-order valence-electron chi connectivity index (χ2n) is 7.31. The molecule has 0 aliphatic carbocycles. The Morgan fingerprint density at radius 2 is 1.97 bits per heavy atom. The molecule has 4 rings (SSSR count). The Labute approximate surface area is 197 Å². The average molecular weight is 494 g/mol. The smallest absolute Gasteiger partial charge is 0.252 e. The van der Waals surface area contributed by atoms with E-state index in [1.165, 1.54) is 0 Å². The lowest BCUT2D eigenvalue weighted by atomic mass is 10.1. The van der Waals surface area contributed by atoms with Crippen LogP contribution in [0.4, 0.5) is 11.5 Å². The maximum Gasteiger partial charge on any atom is 0.252 e. The predicted molar refractivity (Wildman–Crippen MR) is 118 cm³/mol. The Morgan fingerprint density at radius 3 is 2.62 bits per heavy atom. The standard InChI is InChI=1S/C21H20ClN5O3S.ClH/c1-30-20-3-2-14(9-18(20)22)12-24-21-16-8-15(11-23)10-19(17(16)13-25-26-21)27-4-6-31(28,29)7-5-27;/h2-3,8-10,13H,4-7,12H2,1H3,(H,24,26);1H. The molecule has 2 heterocycles.